The minimum atomic E-state index is -0.138. The Labute approximate surface area is 81.1 Å². The van der Waals surface area contributed by atoms with Crippen molar-refractivity contribution in [2.75, 3.05) is 7.11 Å². The second kappa shape index (κ2) is 3.04. The van der Waals surface area contributed by atoms with Crippen LogP contribution in [-0.2, 0) is 6.54 Å². The number of hydrogen-bond acceptors (Lipinski definition) is 3. The summed E-state index contributed by atoms with van der Waals surface area (Å²) in [6, 6.07) is 5.30. The van der Waals surface area contributed by atoms with Crippen LogP contribution in [0.2, 0.25) is 0 Å². The molecule has 0 atom stereocenters. The number of nitrogens with zero attached hydrogens (tertiary/aromatic N) is 1. The van der Waals surface area contributed by atoms with Crippen LogP contribution in [0.3, 0.4) is 0 Å². The number of nitriles is 1. The van der Waals surface area contributed by atoms with Crippen LogP contribution in [0.25, 0.3) is 0 Å². The standard InChI is InChI=1S/C10H8N2O2/c1-14-8-3-6(4-11)2-7-5-12-10(13)9(7)8/h2-3H,5H2,1H3,(H,12,13). The predicted molar refractivity (Wildman–Crippen MR) is 48.9 cm³/mol. The van der Waals surface area contributed by atoms with Crippen LogP contribution in [0.1, 0.15) is 21.5 Å². The summed E-state index contributed by atoms with van der Waals surface area (Å²) < 4.78 is 5.06. The van der Waals surface area contributed by atoms with Crippen LogP contribution in [0.5, 0.6) is 5.75 Å². The fourth-order valence-electron chi connectivity index (χ4n) is 1.56. The zero-order valence-corrected chi connectivity index (χ0v) is 7.63. The number of nitrogens with one attached hydrogen (secondary N) is 1. The Bertz CT molecular complexity index is 446. The lowest BCUT2D eigenvalue weighted by Crippen LogP contribution is -2.13. The summed E-state index contributed by atoms with van der Waals surface area (Å²) in [6.07, 6.45) is 0. The fraction of sp³-hybridized carbons (Fsp3) is 0.200. The van der Waals surface area contributed by atoms with E-state index in [0.29, 0.717) is 23.4 Å². The van der Waals surface area contributed by atoms with Gasteiger partial charge in [-0.15, -0.1) is 0 Å². The number of benzene rings is 1. The number of hydrogen-bond donors (Lipinski definition) is 1. The minimum absolute atomic E-state index is 0.138. The Hall–Kier alpha value is -2.02. The molecule has 0 spiro atoms. The number of carbonyl (C=O) groups excluding carboxylic acids is 1. The van der Waals surface area contributed by atoms with Gasteiger partial charge in [-0.1, -0.05) is 0 Å². The van der Waals surface area contributed by atoms with Crippen LogP contribution in [0, 0.1) is 11.3 Å². The Morgan fingerprint density at radius 2 is 2.36 bits per heavy atom. The van der Waals surface area contributed by atoms with Crippen LogP contribution in [0.4, 0.5) is 0 Å². The number of carbonyl (C=O) groups is 1. The topological polar surface area (TPSA) is 62.1 Å². The zero-order chi connectivity index (χ0) is 10.1. The lowest BCUT2D eigenvalue weighted by molar-refractivity contribution is 0.0963. The highest BCUT2D eigenvalue weighted by atomic mass is 16.5. The summed E-state index contributed by atoms with van der Waals surface area (Å²) in [5, 5.41) is 11.4. The molecule has 1 heterocycles. The zero-order valence-electron chi connectivity index (χ0n) is 7.63. The van der Waals surface area contributed by atoms with Gasteiger partial charge < -0.3 is 10.1 Å². The molecule has 0 radical (unpaired) electrons. The molecule has 1 aliphatic heterocycles. The van der Waals surface area contributed by atoms with E-state index in [1.165, 1.54) is 7.11 Å². The second-order valence-corrected chi connectivity index (χ2v) is 3.01. The Kier molecular flexibility index (Phi) is 1.86. The maximum Gasteiger partial charge on any atom is 0.255 e. The molecule has 0 aliphatic carbocycles. The third kappa shape index (κ3) is 1.11. The second-order valence-electron chi connectivity index (χ2n) is 3.01. The molecule has 2 rings (SSSR count). The normalized spacial score (nSPS) is 13.0. The van der Waals surface area contributed by atoms with Crippen LogP contribution in [-0.4, -0.2) is 13.0 Å². The molecule has 4 heteroatoms. The van der Waals surface area contributed by atoms with Crippen LogP contribution in [0.15, 0.2) is 12.1 Å². The Morgan fingerprint density at radius 3 is 3.00 bits per heavy atom. The molecule has 0 bridgehead atoms. The first-order valence-corrected chi connectivity index (χ1v) is 4.15. The number of methoxy groups -OCH3 is 1. The summed E-state index contributed by atoms with van der Waals surface area (Å²) in [7, 11) is 1.49. The Morgan fingerprint density at radius 1 is 1.57 bits per heavy atom. The summed E-state index contributed by atoms with van der Waals surface area (Å²) in [6.45, 7) is 0.472. The van der Waals surface area contributed by atoms with Crippen molar-refractivity contribution in [2.45, 2.75) is 6.54 Å². The van der Waals surface area contributed by atoms with E-state index in [0.717, 1.165) is 5.56 Å². The summed E-state index contributed by atoms with van der Waals surface area (Å²) in [4.78, 5) is 11.4. The molecule has 4 nitrogen and oxygen atoms in total. The first-order chi connectivity index (χ1) is 6.76. The van der Waals surface area contributed by atoms with Gasteiger partial charge in [0, 0.05) is 6.54 Å². The van der Waals surface area contributed by atoms with Crippen molar-refractivity contribution >= 4 is 5.91 Å². The van der Waals surface area contributed by atoms with E-state index >= 15 is 0 Å². The van der Waals surface area contributed by atoms with Gasteiger partial charge in [-0.05, 0) is 17.7 Å². The van der Waals surface area contributed by atoms with Crippen molar-refractivity contribution in [3.63, 3.8) is 0 Å². The number of rotatable bonds is 1. The van der Waals surface area contributed by atoms with Gasteiger partial charge in [0.2, 0.25) is 0 Å². The van der Waals surface area contributed by atoms with Crippen molar-refractivity contribution in [1.29, 1.82) is 5.26 Å². The molecule has 1 aromatic rings. The molecule has 1 N–H and O–H groups in total. The van der Waals surface area contributed by atoms with E-state index in [4.69, 9.17) is 10.00 Å². The van der Waals surface area contributed by atoms with Crippen molar-refractivity contribution in [2.24, 2.45) is 0 Å². The molecule has 70 valence electrons. The molecule has 1 amide bonds. The van der Waals surface area contributed by atoms with E-state index in [1.54, 1.807) is 12.1 Å². The molecule has 0 aromatic heterocycles. The van der Waals surface area contributed by atoms with Crippen molar-refractivity contribution in [1.82, 2.24) is 5.32 Å². The van der Waals surface area contributed by atoms with Crippen molar-refractivity contribution in [3.05, 3.63) is 28.8 Å². The molecule has 14 heavy (non-hydrogen) atoms. The Balaban J connectivity index is 2.65. The number of ether oxygens (including phenoxy) is 1. The average molecular weight is 188 g/mol. The number of fused-ring (bicyclic) bond motifs is 1. The van der Waals surface area contributed by atoms with Crippen LogP contribution < -0.4 is 10.1 Å². The van der Waals surface area contributed by atoms with E-state index < -0.39 is 0 Å². The smallest absolute Gasteiger partial charge is 0.255 e. The van der Waals surface area contributed by atoms with Gasteiger partial charge in [0.15, 0.2) is 0 Å². The molecular weight excluding hydrogens is 180 g/mol. The highest BCUT2D eigenvalue weighted by Gasteiger charge is 2.23. The summed E-state index contributed by atoms with van der Waals surface area (Å²) >= 11 is 0. The highest BCUT2D eigenvalue weighted by molar-refractivity contribution is 6.01. The lowest BCUT2D eigenvalue weighted by atomic mass is 10.1. The van der Waals surface area contributed by atoms with Crippen molar-refractivity contribution in [3.8, 4) is 11.8 Å². The van der Waals surface area contributed by atoms with Gasteiger partial charge in [0.05, 0.1) is 24.3 Å². The maximum absolute atomic E-state index is 11.4. The minimum Gasteiger partial charge on any atom is -0.496 e. The largest absolute Gasteiger partial charge is 0.496 e. The van der Waals surface area contributed by atoms with E-state index in [1.807, 2.05) is 6.07 Å². The van der Waals surface area contributed by atoms with Gasteiger partial charge in [0.25, 0.3) is 5.91 Å². The summed E-state index contributed by atoms with van der Waals surface area (Å²) in [5.41, 5.74) is 1.88. The van der Waals surface area contributed by atoms with Gasteiger partial charge >= 0.3 is 0 Å². The molecule has 1 aliphatic rings. The van der Waals surface area contributed by atoms with E-state index in [2.05, 4.69) is 5.32 Å². The SMILES string of the molecule is COc1cc(C#N)cc2c1C(=O)NC2. The molecule has 0 fully saturated rings. The van der Waals surface area contributed by atoms with Gasteiger partial charge in [-0.3, -0.25) is 4.79 Å². The van der Waals surface area contributed by atoms with Gasteiger partial charge in [-0.2, -0.15) is 5.26 Å². The quantitative estimate of drug-likeness (QED) is 0.709. The molecule has 0 saturated carbocycles. The third-order valence-electron chi connectivity index (χ3n) is 2.20. The molecule has 1 aromatic carbocycles. The molecule has 0 saturated heterocycles. The average Bonchev–Trinajstić information content (AvgIpc) is 2.59. The lowest BCUT2D eigenvalue weighted by Gasteiger charge is -2.04. The van der Waals surface area contributed by atoms with E-state index in [9.17, 15) is 4.79 Å². The van der Waals surface area contributed by atoms with Crippen LogP contribution >= 0.6 is 0 Å². The fourth-order valence-corrected chi connectivity index (χ4v) is 1.56. The first-order valence-electron chi connectivity index (χ1n) is 4.15. The molecule has 0 unspecified atom stereocenters. The van der Waals surface area contributed by atoms with Gasteiger partial charge in [-0.25, -0.2) is 0 Å². The monoisotopic (exact) mass is 188 g/mol. The van der Waals surface area contributed by atoms with Gasteiger partial charge in [0.1, 0.15) is 5.75 Å². The third-order valence-corrected chi connectivity index (χ3v) is 2.20. The predicted octanol–water partition coefficient (Wildman–Crippen LogP) is 0.810. The maximum atomic E-state index is 11.4. The molecular formula is C10H8N2O2. The first kappa shape index (κ1) is 8.57. The van der Waals surface area contributed by atoms with Crippen molar-refractivity contribution < 1.29 is 9.53 Å². The van der Waals surface area contributed by atoms with E-state index in [-0.39, 0.29) is 5.91 Å². The highest BCUT2D eigenvalue weighted by Crippen LogP contribution is 2.27. The number of amides is 1. The summed E-state index contributed by atoms with van der Waals surface area (Å²) in [5.74, 6) is 0.329.